The Kier molecular flexibility index (Phi) is 4.74. The zero-order valence-corrected chi connectivity index (χ0v) is 13.4. The number of anilines is 2. The molecule has 0 atom stereocenters. The second-order valence-corrected chi connectivity index (χ2v) is 5.60. The molecule has 0 bridgehead atoms. The van der Waals surface area contributed by atoms with Crippen LogP contribution in [0.15, 0.2) is 42.6 Å². The predicted octanol–water partition coefficient (Wildman–Crippen LogP) is 2.89. The van der Waals surface area contributed by atoms with E-state index in [0.29, 0.717) is 29.6 Å². The first-order valence-electron chi connectivity index (χ1n) is 7.97. The number of hydrogen-bond acceptors (Lipinski definition) is 5. The molecule has 1 aromatic heterocycles. The maximum atomic E-state index is 11.9. The Labute approximate surface area is 140 Å². The van der Waals surface area contributed by atoms with Crippen molar-refractivity contribution in [3.05, 3.63) is 53.7 Å². The quantitative estimate of drug-likeness (QED) is 0.798. The van der Waals surface area contributed by atoms with Crippen LogP contribution in [0, 0.1) is 0 Å². The molecule has 6 nitrogen and oxygen atoms in total. The molecule has 0 aliphatic heterocycles. The van der Waals surface area contributed by atoms with E-state index in [1.165, 1.54) is 0 Å². The summed E-state index contributed by atoms with van der Waals surface area (Å²) in [5, 5.41) is 6.05. The minimum atomic E-state index is -0.340. The summed E-state index contributed by atoms with van der Waals surface area (Å²) >= 11 is 0. The highest BCUT2D eigenvalue weighted by Crippen LogP contribution is 2.20. The first-order chi connectivity index (χ1) is 11.7. The number of ether oxygens (including phenoxy) is 1. The highest BCUT2D eigenvalue weighted by Gasteiger charge is 2.23. The SMILES string of the molecule is CCOC(=O)c1ccc(Nc2ccc(C(=O)NC3CC3)cn2)cc1. The van der Waals surface area contributed by atoms with Crippen LogP contribution in [0.5, 0.6) is 0 Å². The van der Waals surface area contributed by atoms with E-state index >= 15 is 0 Å². The second kappa shape index (κ2) is 7.12. The van der Waals surface area contributed by atoms with Crippen molar-refractivity contribution in [2.75, 3.05) is 11.9 Å². The molecule has 6 heteroatoms. The van der Waals surface area contributed by atoms with Gasteiger partial charge < -0.3 is 15.4 Å². The van der Waals surface area contributed by atoms with E-state index in [9.17, 15) is 9.59 Å². The largest absolute Gasteiger partial charge is 0.462 e. The van der Waals surface area contributed by atoms with E-state index in [2.05, 4.69) is 15.6 Å². The zero-order chi connectivity index (χ0) is 16.9. The molecule has 0 radical (unpaired) electrons. The van der Waals surface area contributed by atoms with E-state index in [-0.39, 0.29) is 11.9 Å². The van der Waals surface area contributed by atoms with Crippen molar-refractivity contribution in [3.8, 4) is 0 Å². The van der Waals surface area contributed by atoms with E-state index in [1.54, 1.807) is 49.5 Å². The lowest BCUT2D eigenvalue weighted by Crippen LogP contribution is -2.25. The lowest BCUT2D eigenvalue weighted by molar-refractivity contribution is 0.0526. The summed E-state index contributed by atoms with van der Waals surface area (Å²) in [6, 6.07) is 10.8. The maximum Gasteiger partial charge on any atom is 0.338 e. The van der Waals surface area contributed by atoms with Gasteiger partial charge in [0.05, 0.1) is 17.7 Å². The van der Waals surface area contributed by atoms with Crippen LogP contribution in [0.2, 0.25) is 0 Å². The topological polar surface area (TPSA) is 80.3 Å². The first-order valence-corrected chi connectivity index (χ1v) is 7.97. The van der Waals surface area contributed by atoms with Crippen molar-refractivity contribution >= 4 is 23.4 Å². The van der Waals surface area contributed by atoms with Crippen LogP contribution in [-0.2, 0) is 4.74 Å². The Hall–Kier alpha value is -2.89. The number of carbonyl (C=O) groups excluding carboxylic acids is 2. The molecule has 1 aliphatic carbocycles. The minimum Gasteiger partial charge on any atom is -0.462 e. The summed E-state index contributed by atoms with van der Waals surface area (Å²) in [6.07, 6.45) is 3.66. The summed E-state index contributed by atoms with van der Waals surface area (Å²) in [6.45, 7) is 2.12. The molecule has 1 aliphatic rings. The molecule has 1 saturated carbocycles. The van der Waals surface area contributed by atoms with E-state index in [1.807, 2.05) is 0 Å². The van der Waals surface area contributed by atoms with Crippen LogP contribution in [0.3, 0.4) is 0 Å². The van der Waals surface area contributed by atoms with Gasteiger partial charge in [0, 0.05) is 17.9 Å². The number of esters is 1. The first kappa shape index (κ1) is 16.0. The Morgan fingerprint density at radius 3 is 2.42 bits per heavy atom. The summed E-state index contributed by atoms with van der Waals surface area (Å²) in [5.74, 6) is 0.199. The van der Waals surface area contributed by atoms with Gasteiger partial charge in [0.1, 0.15) is 5.82 Å². The van der Waals surface area contributed by atoms with Gasteiger partial charge >= 0.3 is 5.97 Å². The van der Waals surface area contributed by atoms with E-state index < -0.39 is 0 Å². The maximum absolute atomic E-state index is 11.9. The standard InChI is InChI=1S/C18H19N3O3/c1-2-24-18(23)12-3-6-14(7-4-12)20-16-10-5-13(11-19-16)17(22)21-15-8-9-15/h3-7,10-11,15H,2,8-9H2,1H3,(H,19,20)(H,21,22). The number of nitrogens with one attached hydrogen (secondary N) is 2. The Balaban J connectivity index is 1.61. The van der Waals surface area contributed by atoms with E-state index in [4.69, 9.17) is 4.74 Å². The average molecular weight is 325 g/mol. The monoisotopic (exact) mass is 325 g/mol. The third-order valence-corrected chi connectivity index (χ3v) is 3.61. The predicted molar refractivity (Wildman–Crippen MR) is 90.4 cm³/mol. The number of amides is 1. The van der Waals surface area contributed by atoms with Crippen LogP contribution in [0.1, 0.15) is 40.5 Å². The van der Waals surface area contributed by atoms with Gasteiger partial charge in [-0.3, -0.25) is 4.79 Å². The van der Waals surface area contributed by atoms with Crippen LogP contribution in [0.25, 0.3) is 0 Å². The van der Waals surface area contributed by atoms with Gasteiger partial charge in [-0.15, -0.1) is 0 Å². The average Bonchev–Trinajstić information content (AvgIpc) is 3.40. The van der Waals surface area contributed by atoms with Gasteiger partial charge in [0.2, 0.25) is 0 Å². The second-order valence-electron chi connectivity index (χ2n) is 5.60. The molecular weight excluding hydrogens is 306 g/mol. The number of nitrogens with zero attached hydrogens (tertiary/aromatic N) is 1. The van der Waals surface area contributed by atoms with Crippen molar-refractivity contribution in [2.45, 2.75) is 25.8 Å². The van der Waals surface area contributed by atoms with Crippen molar-refractivity contribution in [3.63, 3.8) is 0 Å². The van der Waals surface area contributed by atoms with Crippen LogP contribution >= 0.6 is 0 Å². The summed E-state index contributed by atoms with van der Waals surface area (Å²) < 4.78 is 4.94. The Morgan fingerprint density at radius 2 is 1.83 bits per heavy atom. The third-order valence-electron chi connectivity index (χ3n) is 3.61. The number of benzene rings is 1. The van der Waals surface area contributed by atoms with Crippen LogP contribution in [0.4, 0.5) is 11.5 Å². The molecule has 1 amide bonds. The summed E-state index contributed by atoms with van der Waals surface area (Å²) in [7, 11) is 0. The molecule has 124 valence electrons. The number of pyridine rings is 1. The van der Waals surface area contributed by atoms with Gasteiger partial charge in [-0.05, 0) is 56.2 Å². The van der Waals surface area contributed by atoms with Gasteiger partial charge in [-0.2, -0.15) is 0 Å². The molecule has 0 unspecified atom stereocenters. The van der Waals surface area contributed by atoms with E-state index in [0.717, 1.165) is 18.5 Å². The molecular formula is C18H19N3O3. The highest BCUT2D eigenvalue weighted by atomic mass is 16.5. The summed E-state index contributed by atoms with van der Waals surface area (Å²) in [5.41, 5.74) is 1.85. The van der Waals surface area contributed by atoms with Gasteiger partial charge in [-0.25, -0.2) is 9.78 Å². The Morgan fingerprint density at radius 1 is 1.12 bits per heavy atom. The molecule has 1 aromatic carbocycles. The van der Waals surface area contributed by atoms with Gasteiger partial charge in [-0.1, -0.05) is 0 Å². The van der Waals surface area contributed by atoms with Crippen LogP contribution < -0.4 is 10.6 Å². The Bertz CT molecular complexity index is 722. The molecule has 1 fully saturated rings. The molecule has 0 saturated heterocycles. The highest BCUT2D eigenvalue weighted by molar-refractivity contribution is 5.94. The number of hydrogen-bond donors (Lipinski definition) is 2. The summed E-state index contributed by atoms with van der Waals surface area (Å²) in [4.78, 5) is 27.8. The lowest BCUT2D eigenvalue weighted by atomic mass is 10.2. The molecule has 2 aromatic rings. The molecule has 1 heterocycles. The number of carbonyl (C=O) groups is 2. The number of aromatic nitrogens is 1. The van der Waals surface area contributed by atoms with Gasteiger partial charge in [0.25, 0.3) is 5.91 Å². The minimum absolute atomic E-state index is 0.0876. The van der Waals surface area contributed by atoms with Crippen LogP contribution in [-0.4, -0.2) is 29.5 Å². The fraction of sp³-hybridized carbons (Fsp3) is 0.278. The lowest BCUT2D eigenvalue weighted by Gasteiger charge is -2.08. The van der Waals surface area contributed by atoms with Crippen molar-refractivity contribution < 1.29 is 14.3 Å². The van der Waals surface area contributed by atoms with Gasteiger partial charge in [0.15, 0.2) is 0 Å². The number of rotatable bonds is 6. The fourth-order valence-electron chi connectivity index (χ4n) is 2.15. The zero-order valence-electron chi connectivity index (χ0n) is 13.4. The molecule has 3 rings (SSSR count). The third kappa shape index (κ3) is 4.10. The normalized spacial score (nSPS) is 13.2. The smallest absolute Gasteiger partial charge is 0.338 e. The van der Waals surface area contributed by atoms with Crippen molar-refractivity contribution in [1.82, 2.24) is 10.3 Å². The molecule has 0 spiro atoms. The molecule has 2 N–H and O–H groups in total. The molecule has 24 heavy (non-hydrogen) atoms. The van der Waals surface area contributed by atoms with Crippen molar-refractivity contribution in [1.29, 1.82) is 0 Å². The fourth-order valence-corrected chi connectivity index (χ4v) is 2.15. The van der Waals surface area contributed by atoms with Crippen molar-refractivity contribution in [2.24, 2.45) is 0 Å².